The highest BCUT2D eigenvalue weighted by Gasteiger charge is 2.24. The molecule has 2 aromatic rings. The normalized spacial score (nSPS) is 12.2. The number of carbonyl (C=O) groups is 2. The lowest BCUT2D eigenvalue weighted by Crippen LogP contribution is -2.35. The number of aliphatic hydroxyl groups excluding tert-OH is 1. The number of aliphatic hydroxyl groups is 1. The molecule has 0 aliphatic heterocycles. The zero-order chi connectivity index (χ0) is 21.6. The second kappa shape index (κ2) is 10.9. The number of carbonyl (C=O) groups excluding carboxylic acids is 2. The predicted octanol–water partition coefficient (Wildman–Crippen LogP) is 3.88. The van der Waals surface area contributed by atoms with Crippen LogP contribution in [0.5, 0.6) is 5.75 Å². The van der Waals surface area contributed by atoms with E-state index in [4.69, 9.17) is 9.47 Å². The predicted molar refractivity (Wildman–Crippen MR) is 119 cm³/mol. The van der Waals surface area contributed by atoms with E-state index in [1.165, 1.54) is 18.3 Å². The van der Waals surface area contributed by atoms with Gasteiger partial charge in [0.1, 0.15) is 23.3 Å². The van der Waals surface area contributed by atoms with E-state index in [9.17, 15) is 14.7 Å². The average molecular weight is 487 g/mol. The second-order valence-corrected chi connectivity index (χ2v) is 8.29. The summed E-state index contributed by atoms with van der Waals surface area (Å²) in [5.41, 5.74) is 0.308. The summed E-state index contributed by atoms with van der Waals surface area (Å²) in [5.74, 6) is -0.260. The molecule has 0 radical (unpaired) electrons. The van der Waals surface area contributed by atoms with Gasteiger partial charge in [-0.3, -0.25) is 4.79 Å². The summed E-state index contributed by atoms with van der Waals surface area (Å²) in [5, 5.41) is 14.1. The molecule has 0 aliphatic carbocycles. The smallest absolute Gasteiger partial charge is 0.341 e. The molecule has 1 amide bonds. The highest BCUT2D eigenvalue weighted by atomic mass is 79.9. The molecule has 160 valence electrons. The molecule has 1 atom stereocenters. The van der Waals surface area contributed by atoms with E-state index < -0.39 is 12.1 Å². The van der Waals surface area contributed by atoms with Gasteiger partial charge < -0.3 is 24.8 Å². The number of amides is 1. The van der Waals surface area contributed by atoms with Gasteiger partial charge in [0.25, 0.3) is 0 Å². The minimum atomic E-state index is -0.656. The molecule has 2 rings (SSSR count). The van der Waals surface area contributed by atoms with Crippen LogP contribution in [-0.2, 0) is 9.53 Å². The molecule has 0 fully saturated rings. The number of hydrogen-bond acceptors (Lipinski definition) is 7. The van der Waals surface area contributed by atoms with Gasteiger partial charge in [-0.05, 0) is 42.0 Å². The SMILES string of the molecule is CCOC(=O)c1c(NC(C)=O)sc2c(OCC(O)CN(CC)CC)c(Br)ccc12. The molecule has 0 saturated carbocycles. The van der Waals surface area contributed by atoms with Gasteiger partial charge in [0.05, 0.1) is 15.8 Å². The summed E-state index contributed by atoms with van der Waals surface area (Å²) in [6, 6.07) is 3.56. The van der Waals surface area contributed by atoms with Gasteiger partial charge in [-0.1, -0.05) is 19.9 Å². The summed E-state index contributed by atoms with van der Waals surface area (Å²) < 4.78 is 12.5. The number of halogens is 1. The van der Waals surface area contributed by atoms with Crippen molar-refractivity contribution in [3.63, 3.8) is 0 Å². The van der Waals surface area contributed by atoms with E-state index in [1.807, 2.05) is 13.8 Å². The zero-order valence-electron chi connectivity index (χ0n) is 17.1. The van der Waals surface area contributed by atoms with Crippen LogP contribution in [-0.4, -0.2) is 60.8 Å². The van der Waals surface area contributed by atoms with Crippen LogP contribution < -0.4 is 10.1 Å². The maximum atomic E-state index is 12.5. The van der Waals surface area contributed by atoms with E-state index >= 15 is 0 Å². The van der Waals surface area contributed by atoms with Crippen molar-refractivity contribution in [2.24, 2.45) is 0 Å². The first-order valence-corrected chi connectivity index (χ1v) is 11.2. The van der Waals surface area contributed by atoms with Gasteiger partial charge in [-0.2, -0.15) is 0 Å². The molecular formula is C20H27BrN2O5S. The largest absolute Gasteiger partial charge is 0.488 e. The fraction of sp³-hybridized carbons (Fsp3) is 0.500. The van der Waals surface area contributed by atoms with Crippen molar-refractivity contribution in [1.82, 2.24) is 4.90 Å². The van der Waals surface area contributed by atoms with E-state index in [2.05, 4.69) is 26.1 Å². The van der Waals surface area contributed by atoms with Crippen molar-refractivity contribution in [3.05, 3.63) is 22.2 Å². The minimum absolute atomic E-state index is 0.107. The molecule has 29 heavy (non-hydrogen) atoms. The first kappa shape index (κ1) is 23.6. The standard InChI is InChI=1S/C20H27BrN2O5S/c1-5-23(6-2)10-13(25)11-28-17-15(21)9-8-14-16(20(26)27-7-3)19(22-12(4)24)29-18(14)17/h8-9,13,25H,5-7,10-11H2,1-4H3,(H,22,24). The fourth-order valence-corrected chi connectivity index (χ4v) is 4.72. The number of fused-ring (bicyclic) bond motifs is 1. The number of nitrogens with one attached hydrogen (secondary N) is 1. The minimum Gasteiger partial charge on any atom is -0.488 e. The van der Waals surface area contributed by atoms with Gasteiger partial charge in [0, 0.05) is 18.9 Å². The maximum absolute atomic E-state index is 12.5. The number of rotatable bonds is 10. The highest BCUT2D eigenvalue weighted by Crippen LogP contribution is 2.44. The third-order valence-electron chi connectivity index (χ3n) is 4.32. The third kappa shape index (κ3) is 5.91. The van der Waals surface area contributed by atoms with Crippen LogP contribution in [0.2, 0.25) is 0 Å². The molecule has 0 aliphatic rings. The first-order valence-electron chi connectivity index (χ1n) is 9.55. The van der Waals surface area contributed by atoms with E-state index in [0.717, 1.165) is 13.1 Å². The summed E-state index contributed by atoms with van der Waals surface area (Å²) in [7, 11) is 0. The van der Waals surface area contributed by atoms with Crippen LogP contribution in [0, 0.1) is 0 Å². The van der Waals surface area contributed by atoms with E-state index in [0.29, 0.717) is 37.4 Å². The Morgan fingerprint density at radius 3 is 2.55 bits per heavy atom. The van der Waals surface area contributed by atoms with Crippen LogP contribution >= 0.6 is 27.3 Å². The number of benzene rings is 1. The van der Waals surface area contributed by atoms with E-state index in [-0.39, 0.29) is 19.1 Å². The lowest BCUT2D eigenvalue weighted by Gasteiger charge is -2.22. The van der Waals surface area contributed by atoms with Crippen molar-refractivity contribution < 1.29 is 24.2 Å². The quantitative estimate of drug-likeness (QED) is 0.495. The van der Waals surface area contributed by atoms with Crippen LogP contribution in [0.25, 0.3) is 10.1 Å². The molecule has 1 aromatic carbocycles. The summed E-state index contributed by atoms with van der Waals surface area (Å²) in [6.45, 7) is 9.74. The monoisotopic (exact) mass is 486 g/mol. The number of nitrogens with zero attached hydrogens (tertiary/aromatic N) is 1. The summed E-state index contributed by atoms with van der Waals surface area (Å²) in [6.07, 6.45) is -0.656. The van der Waals surface area contributed by atoms with Crippen LogP contribution in [0.15, 0.2) is 16.6 Å². The maximum Gasteiger partial charge on any atom is 0.341 e. The van der Waals surface area contributed by atoms with Gasteiger partial charge in [-0.15, -0.1) is 11.3 Å². The summed E-state index contributed by atoms with van der Waals surface area (Å²) in [4.78, 5) is 26.2. The van der Waals surface area contributed by atoms with Crippen molar-refractivity contribution in [3.8, 4) is 5.75 Å². The Kier molecular flexibility index (Phi) is 8.88. The Labute approximate surface area is 183 Å². The average Bonchev–Trinajstić information content (AvgIpc) is 3.02. The molecule has 1 heterocycles. The van der Waals surface area contributed by atoms with Crippen molar-refractivity contribution >= 4 is 54.2 Å². The zero-order valence-corrected chi connectivity index (χ0v) is 19.5. The van der Waals surface area contributed by atoms with Gasteiger partial charge >= 0.3 is 5.97 Å². The van der Waals surface area contributed by atoms with Crippen molar-refractivity contribution in [2.75, 3.05) is 38.2 Å². The number of esters is 1. The van der Waals surface area contributed by atoms with Gasteiger partial charge in [0.15, 0.2) is 5.75 Å². The molecule has 0 spiro atoms. The molecule has 1 unspecified atom stereocenters. The van der Waals surface area contributed by atoms with Crippen LogP contribution in [0.4, 0.5) is 5.00 Å². The molecule has 2 N–H and O–H groups in total. The molecule has 0 saturated heterocycles. The number of thiophene rings is 1. The molecule has 7 nitrogen and oxygen atoms in total. The Morgan fingerprint density at radius 2 is 1.97 bits per heavy atom. The Morgan fingerprint density at radius 1 is 1.28 bits per heavy atom. The number of anilines is 1. The molecular weight excluding hydrogens is 460 g/mol. The third-order valence-corrected chi connectivity index (χ3v) is 6.06. The first-order chi connectivity index (χ1) is 13.8. The molecule has 1 aromatic heterocycles. The Balaban J connectivity index is 2.39. The lowest BCUT2D eigenvalue weighted by molar-refractivity contribution is -0.114. The van der Waals surface area contributed by atoms with Crippen LogP contribution in [0.3, 0.4) is 0 Å². The topological polar surface area (TPSA) is 88.1 Å². The van der Waals surface area contributed by atoms with E-state index in [1.54, 1.807) is 19.1 Å². The van der Waals surface area contributed by atoms with Gasteiger partial charge in [0.2, 0.25) is 5.91 Å². The summed E-state index contributed by atoms with van der Waals surface area (Å²) >= 11 is 4.73. The Bertz CT molecular complexity index is 866. The van der Waals surface area contributed by atoms with Crippen LogP contribution in [0.1, 0.15) is 38.1 Å². The molecule has 0 bridgehead atoms. The Hall–Kier alpha value is -1.68. The van der Waals surface area contributed by atoms with Gasteiger partial charge in [-0.25, -0.2) is 4.79 Å². The molecule has 9 heteroatoms. The second-order valence-electron chi connectivity index (χ2n) is 6.41. The number of hydrogen-bond donors (Lipinski definition) is 2. The van der Waals surface area contributed by atoms with Crippen molar-refractivity contribution in [2.45, 2.75) is 33.8 Å². The lowest BCUT2D eigenvalue weighted by atomic mass is 10.1. The highest BCUT2D eigenvalue weighted by molar-refractivity contribution is 9.10. The number of likely N-dealkylation sites (N-methyl/N-ethyl adjacent to an activating group) is 1. The number of ether oxygens (including phenoxy) is 2. The fourth-order valence-electron chi connectivity index (χ4n) is 2.91. The van der Waals surface area contributed by atoms with Crippen molar-refractivity contribution in [1.29, 1.82) is 0 Å².